The average Bonchev–Trinajstić information content (AvgIpc) is 2.71. The number of unbranched alkanes of at least 4 members (excludes halogenated alkanes) is 1. The van der Waals surface area contributed by atoms with Gasteiger partial charge in [0, 0.05) is 36.3 Å². The number of aryl methyl sites for hydroxylation is 1. The summed E-state index contributed by atoms with van der Waals surface area (Å²) in [6.45, 7) is 9.72. The summed E-state index contributed by atoms with van der Waals surface area (Å²) in [5.41, 5.74) is 10.9. The van der Waals surface area contributed by atoms with Gasteiger partial charge in [-0.1, -0.05) is 19.4 Å². The minimum absolute atomic E-state index is 0.597. The molecule has 0 spiro atoms. The number of hydrogen-bond acceptors (Lipinski definition) is 2. The lowest BCUT2D eigenvalue weighted by molar-refractivity contribution is 0.124. The molecule has 20 heavy (non-hydrogen) atoms. The first-order valence-electron chi connectivity index (χ1n) is 7.55. The van der Waals surface area contributed by atoms with Gasteiger partial charge in [0.25, 0.3) is 0 Å². The van der Waals surface area contributed by atoms with Gasteiger partial charge in [0.05, 0.1) is 6.61 Å². The second-order valence-corrected chi connectivity index (χ2v) is 5.38. The van der Waals surface area contributed by atoms with Crippen LogP contribution in [0.25, 0.3) is 10.9 Å². The number of nitrogens with zero attached hydrogens (tertiary/aromatic N) is 1. The zero-order valence-electron chi connectivity index (χ0n) is 12.9. The summed E-state index contributed by atoms with van der Waals surface area (Å²) < 4.78 is 8.05. The fourth-order valence-corrected chi connectivity index (χ4v) is 2.62. The highest BCUT2D eigenvalue weighted by Gasteiger charge is 2.10. The van der Waals surface area contributed by atoms with Crippen molar-refractivity contribution in [3.63, 3.8) is 0 Å². The largest absolute Gasteiger partial charge is 0.380 e. The van der Waals surface area contributed by atoms with Gasteiger partial charge in [-0.25, -0.2) is 0 Å². The Kier molecular flexibility index (Phi) is 5.21. The molecule has 110 valence electrons. The maximum atomic E-state index is 5.74. The van der Waals surface area contributed by atoms with Crippen LogP contribution < -0.4 is 5.73 Å². The van der Waals surface area contributed by atoms with E-state index in [-0.39, 0.29) is 0 Å². The standard InChI is InChI=1S/C17H26N2O/c1-4-5-9-20-10-8-19-14(3)13(2)16-11-15(12-18)6-7-17(16)19/h6-7,11H,4-5,8-10,12,18H2,1-3H3. The van der Waals surface area contributed by atoms with Crippen LogP contribution in [0.15, 0.2) is 18.2 Å². The van der Waals surface area contributed by atoms with Gasteiger partial charge in [0.2, 0.25) is 0 Å². The third-order valence-electron chi connectivity index (χ3n) is 4.04. The monoisotopic (exact) mass is 274 g/mol. The molecule has 0 saturated carbocycles. The van der Waals surface area contributed by atoms with E-state index in [0.29, 0.717) is 6.54 Å². The van der Waals surface area contributed by atoms with E-state index >= 15 is 0 Å². The van der Waals surface area contributed by atoms with Crippen LogP contribution in [0.2, 0.25) is 0 Å². The Bertz CT molecular complexity index is 572. The summed E-state index contributed by atoms with van der Waals surface area (Å²) in [4.78, 5) is 0. The van der Waals surface area contributed by atoms with Crippen LogP contribution >= 0.6 is 0 Å². The molecule has 3 heteroatoms. The SMILES string of the molecule is CCCCOCCn1c(C)c(C)c2cc(CN)ccc21. The smallest absolute Gasteiger partial charge is 0.0645 e. The molecule has 0 radical (unpaired) electrons. The van der Waals surface area contributed by atoms with Gasteiger partial charge in [-0.2, -0.15) is 0 Å². The van der Waals surface area contributed by atoms with Gasteiger partial charge >= 0.3 is 0 Å². The average molecular weight is 274 g/mol. The van der Waals surface area contributed by atoms with Crippen LogP contribution in [0, 0.1) is 13.8 Å². The Morgan fingerprint density at radius 3 is 2.70 bits per heavy atom. The summed E-state index contributed by atoms with van der Waals surface area (Å²) in [5.74, 6) is 0. The zero-order valence-corrected chi connectivity index (χ0v) is 12.9. The summed E-state index contributed by atoms with van der Waals surface area (Å²) in [5, 5.41) is 1.32. The highest BCUT2D eigenvalue weighted by atomic mass is 16.5. The molecule has 1 aromatic heterocycles. The van der Waals surface area contributed by atoms with Gasteiger partial charge in [-0.05, 0) is 43.5 Å². The van der Waals surface area contributed by atoms with E-state index in [4.69, 9.17) is 10.5 Å². The van der Waals surface area contributed by atoms with Crippen molar-refractivity contribution in [2.24, 2.45) is 5.73 Å². The Morgan fingerprint density at radius 1 is 1.20 bits per heavy atom. The molecular formula is C17H26N2O. The summed E-state index contributed by atoms with van der Waals surface area (Å²) in [6, 6.07) is 6.52. The van der Waals surface area contributed by atoms with Gasteiger partial charge in [0.1, 0.15) is 0 Å². The molecule has 0 fully saturated rings. The minimum Gasteiger partial charge on any atom is -0.380 e. The van der Waals surface area contributed by atoms with Crippen molar-refractivity contribution < 1.29 is 4.74 Å². The molecule has 2 aromatic rings. The maximum Gasteiger partial charge on any atom is 0.0645 e. The molecule has 0 aliphatic heterocycles. The number of hydrogen-bond donors (Lipinski definition) is 1. The van der Waals surface area contributed by atoms with Crippen molar-refractivity contribution in [2.75, 3.05) is 13.2 Å². The second kappa shape index (κ2) is 6.91. The van der Waals surface area contributed by atoms with Crippen LogP contribution in [0.5, 0.6) is 0 Å². The Morgan fingerprint density at radius 2 is 2.00 bits per heavy atom. The van der Waals surface area contributed by atoms with E-state index in [1.165, 1.54) is 34.1 Å². The summed E-state index contributed by atoms with van der Waals surface area (Å²) >= 11 is 0. The zero-order chi connectivity index (χ0) is 14.5. The van der Waals surface area contributed by atoms with E-state index in [1.807, 2.05) is 0 Å². The lowest BCUT2D eigenvalue weighted by Gasteiger charge is -2.09. The molecule has 0 aliphatic carbocycles. The second-order valence-electron chi connectivity index (χ2n) is 5.38. The predicted molar refractivity (Wildman–Crippen MR) is 85.0 cm³/mol. The Labute approximate surface area is 121 Å². The first-order chi connectivity index (χ1) is 9.69. The molecule has 2 rings (SSSR count). The van der Waals surface area contributed by atoms with Gasteiger partial charge in [-0.3, -0.25) is 0 Å². The number of nitrogens with two attached hydrogens (primary N) is 1. The van der Waals surface area contributed by atoms with Crippen molar-refractivity contribution in [1.82, 2.24) is 4.57 Å². The lowest BCUT2D eigenvalue weighted by Crippen LogP contribution is -2.08. The van der Waals surface area contributed by atoms with Crippen LogP contribution in [-0.2, 0) is 17.8 Å². The molecule has 3 nitrogen and oxygen atoms in total. The van der Waals surface area contributed by atoms with E-state index in [0.717, 1.165) is 26.2 Å². The quantitative estimate of drug-likeness (QED) is 0.785. The Balaban J connectivity index is 2.18. The van der Waals surface area contributed by atoms with Crippen LogP contribution in [0.4, 0.5) is 0 Å². The van der Waals surface area contributed by atoms with Crippen LogP contribution in [0.3, 0.4) is 0 Å². The number of aromatic nitrogens is 1. The van der Waals surface area contributed by atoms with Crippen molar-refractivity contribution in [3.05, 3.63) is 35.0 Å². The molecule has 0 unspecified atom stereocenters. The number of fused-ring (bicyclic) bond motifs is 1. The van der Waals surface area contributed by atoms with E-state index < -0.39 is 0 Å². The molecule has 0 atom stereocenters. The molecule has 0 bridgehead atoms. The topological polar surface area (TPSA) is 40.2 Å². The van der Waals surface area contributed by atoms with Crippen molar-refractivity contribution in [1.29, 1.82) is 0 Å². The molecule has 1 heterocycles. The highest BCUT2D eigenvalue weighted by Crippen LogP contribution is 2.26. The van der Waals surface area contributed by atoms with Crippen molar-refractivity contribution in [2.45, 2.75) is 46.7 Å². The first kappa shape index (κ1) is 15.1. The minimum atomic E-state index is 0.597. The molecule has 0 amide bonds. The maximum absolute atomic E-state index is 5.74. The third kappa shape index (κ3) is 3.05. The number of rotatable bonds is 7. The third-order valence-corrected chi connectivity index (χ3v) is 4.04. The fourth-order valence-electron chi connectivity index (χ4n) is 2.62. The number of benzene rings is 1. The lowest BCUT2D eigenvalue weighted by atomic mass is 10.1. The van der Waals surface area contributed by atoms with Crippen molar-refractivity contribution >= 4 is 10.9 Å². The fraction of sp³-hybridized carbons (Fsp3) is 0.529. The summed E-state index contributed by atoms with van der Waals surface area (Å²) in [7, 11) is 0. The first-order valence-corrected chi connectivity index (χ1v) is 7.55. The number of ether oxygens (including phenoxy) is 1. The van der Waals surface area contributed by atoms with E-state index in [9.17, 15) is 0 Å². The van der Waals surface area contributed by atoms with Gasteiger partial charge in [-0.15, -0.1) is 0 Å². The van der Waals surface area contributed by atoms with Gasteiger partial charge < -0.3 is 15.0 Å². The Hall–Kier alpha value is -1.32. The van der Waals surface area contributed by atoms with Gasteiger partial charge in [0.15, 0.2) is 0 Å². The summed E-state index contributed by atoms with van der Waals surface area (Å²) in [6.07, 6.45) is 2.33. The normalized spacial score (nSPS) is 11.4. The molecule has 0 saturated heterocycles. The molecule has 1 aromatic carbocycles. The van der Waals surface area contributed by atoms with Crippen LogP contribution in [0.1, 0.15) is 36.6 Å². The molecule has 0 aliphatic rings. The van der Waals surface area contributed by atoms with Crippen LogP contribution in [-0.4, -0.2) is 17.8 Å². The van der Waals surface area contributed by atoms with E-state index in [2.05, 4.69) is 43.5 Å². The van der Waals surface area contributed by atoms with E-state index in [1.54, 1.807) is 0 Å². The van der Waals surface area contributed by atoms with Crippen molar-refractivity contribution in [3.8, 4) is 0 Å². The molecule has 2 N–H and O–H groups in total. The molecular weight excluding hydrogens is 248 g/mol. The highest BCUT2D eigenvalue weighted by molar-refractivity contribution is 5.86. The predicted octanol–water partition coefficient (Wildman–Crippen LogP) is 3.53.